The van der Waals surface area contributed by atoms with E-state index in [9.17, 15) is 8.78 Å². The Morgan fingerprint density at radius 1 is 1.20 bits per heavy atom. The fourth-order valence-corrected chi connectivity index (χ4v) is 2.00. The van der Waals surface area contributed by atoms with Crippen molar-refractivity contribution in [1.29, 1.82) is 0 Å². The van der Waals surface area contributed by atoms with Crippen molar-refractivity contribution in [3.8, 4) is 11.5 Å². The van der Waals surface area contributed by atoms with Gasteiger partial charge in [0, 0.05) is 6.04 Å². The Morgan fingerprint density at radius 3 is 2.60 bits per heavy atom. The highest BCUT2D eigenvalue weighted by Gasteiger charge is 2.10. The summed E-state index contributed by atoms with van der Waals surface area (Å²) in [5.74, 6) is -1.55. The van der Waals surface area contributed by atoms with Gasteiger partial charge in [-0.1, -0.05) is 12.1 Å². The Bertz CT molecular complexity index is 611. The maximum Gasteiger partial charge on any atom is 0.201 e. The summed E-state index contributed by atoms with van der Waals surface area (Å²) in [7, 11) is 0. The molecule has 0 aliphatic carbocycles. The molecule has 0 aliphatic heterocycles. The second-order valence-corrected chi connectivity index (χ2v) is 4.92. The predicted octanol–water partition coefficient (Wildman–Crippen LogP) is 3.96. The van der Waals surface area contributed by atoms with Gasteiger partial charge in [0.15, 0.2) is 11.6 Å². The first-order chi connectivity index (χ1) is 9.47. The fraction of sp³-hybridized carbons (Fsp3) is 0.250. The van der Waals surface area contributed by atoms with Crippen molar-refractivity contribution in [2.45, 2.75) is 26.3 Å². The van der Waals surface area contributed by atoms with Gasteiger partial charge >= 0.3 is 0 Å². The second kappa shape index (κ2) is 6.01. The van der Waals surface area contributed by atoms with Gasteiger partial charge < -0.3 is 10.5 Å². The molecule has 2 N–H and O–H groups in total. The van der Waals surface area contributed by atoms with Crippen molar-refractivity contribution in [2.75, 3.05) is 0 Å². The first-order valence-electron chi connectivity index (χ1n) is 6.44. The molecule has 0 aliphatic rings. The van der Waals surface area contributed by atoms with E-state index >= 15 is 0 Å². The van der Waals surface area contributed by atoms with Gasteiger partial charge in [0.1, 0.15) is 5.75 Å². The first kappa shape index (κ1) is 14.5. The third-order valence-electron chi connectivity index (χ3n) is 3.00. The topological polar surface area (TPSA) is 35.2 Å². The lowest BCUT2D eigenvalue weighted by Crippen LogP contribution is -2.18. The van der Waals surface area contributed by atoms with E-state index in [-0.39, 0.29) is 11.8 Å². The van der Waals surface area contributed by atoms with Crippen LogP contribution in [0.3, 0.4) is 0 Å². The molecule has 1 atom stereocenters. The van der Waals surface area contributed by atoms with E-state index in [0.717, 1.165) is 23.6 Å². The highest BCUT2D eigenvalue weighted by Crippen LogP contribution is 2.27. The molecule has 1 unspecified atom stereocenters. The van der Waals surface area contributed by atoms with Crippen LogP contribution < -0.4 is 10.5 Å². The smallest absolute Gasteiger partial charge is 0.201 e. The minimum absolute atomic E-state index is 0.0705. The molecular formula is C16H17F2NO. The minimum atomic E-state index is -0.982. The van der Waals surface area contributed by atoms with Gasteiger partial charge in [0.2, 0.25) is 5.82 Å². The van der Waals surface area contributed by atoms with Crippen LogP contribution in [0.15, 0.2) is 36.4 Å². The van der Waals surface area contributed by atoms with E-state index in [2.05, 4.69) is 0 Å². The van der Waals surface area contributed by atoms with Gasteiger partial charge in [-0.2, -0.15) is 4.39 Å². The molecule has 20 heavy (non-hydrogen) atoms. The molecule has 0 aromatic heterocycles. The van der Waals surface area contributed by atoms with E-state index in [0.29, 0.717) is 5.75 Å². The second-order valence-electron chi connectivity index (χ2n) is 4.92. The third kappa shape index (κ3) is 3.33. The van der Waals surface area contributed by atoms with Gasteiger partial charge in [0.05, 0.1) is 0 Å². The largest absolute Gasteiger partial charge is 0.454 e. The van der Waals surface area contributed by atoms with Crippen molar-refractivity contribution in [3.05, 3.63) is 59.2 Å². The summed E-state index contributed by atoms with van der Waals surface area (Å²) >= 11 is 0. The fourth-order valence-electron chi connectivity index (χ4n) is 2.00. The number of hydrogen-bond acceptors (Lipinski definition) is 2. The molecule has 0 fully saturated rings. The van der Waals surface area contributed by atoms with Crippen LogP contribution in [0.2, 0.25) is 0 Å². The highest BCUT2D eigenvalue weighted by molar-refractivity contribution is 5.38. The summed E-state index contributed by atoms with van der Waals surface area (Å²) in [4.78, 5) is 0. The molecule has 0 bridgehead atoms. The van der Waals surface area contributed by atoms with E-state index in [1.54, 1.807) is 12.1 Å². The molecule has 0 saturated heterocycles. The van der Waals surface area contributed by atoms with Crippen LogP contribution in [0.1, 0.15) is 18.1 Å². The summed E-state index contributed by atoms with van der Waals surface area (Å²) in [6.07, 6.45) is 0.764. The van der Waals surface area contributed by atoms with Crippen LogP contribution in [0.5, 0.6) is 11.5 Å². The monoisotopic (exact) mass is 277 g/mol. The number of halogens is 2. The van der Waals surface area contributed by atoms with Crippen molar-refractivity contribution < 1.29 is 13.5 Å². The Morgan fingerprint density at radius 2 is 1.95 bits per heavy atom. The van der Waals surface area contributed by atoms with Crippen molar-refractivity contribution >= 4 is 0 Å². The van der Waals surface area contributed by atoms with Gasteiger partial charge in [0.25, 0.3) is 0 Å². The molecule has 0 heterocycles. The average Bonchev–Trinajstić information content (AvgIpc) is 2.38. The lowest BCUT2D eigenvalue weighted by atomic mass is 10.0. The van der Waals surface area contributed by atoms with Gasteiger partial charge in [-0.05, 0) is 55.7 Å². The maximum atomic E-state index is 13.5. The summed E-state index contributed by atoms with van der Waals surface area (Å²) in [5.41, 5.74) is 7.90. The minimum Gasteiger partial charge on any atom is -0.454 e. The maximum absolute atomic E-state index is 13.5. The normalized spacial score (nSPS) is 12.2. The summed E-state index contributed by atoms with van der Waals surface area (Å²) < 4.78 is 32.0. The number of rotatable bonds is 4. The van der Waals surface area contributed by atoms with Gasteiger partial charge in [-0.15, -0.1) is 0 Å². The van der Waals surface area contributed by atoms with Gasteiger partial charge in [-0.25, -0.2) is 4.39 Å². The van der Waals surface area contributed by atoms with Crippen LogP contribution >= 0.6 is 0 Å². The molecule has 0 spiro atoms. The molecule has 0 saturated carbocycles. The molecule has 0 radical (unpaired) electrons. The molecule has 2 aromatic rings. The Hall–Kier alpha value is -1.94. The number of nitrogens with two attached hydrogens (primary N) is 1. The Balaban J connectivity index is 2.22. The van der Waals surface area contributed by atoms with Crippen LogP contribution in [-0.2, 0) is 6.42 Å². The Labute approximate surface area is 117 Å². The quantitative estimate of drug-likeness (QED) is 0.918. The van der Waals surface area contributed by atoms with E-state index < -0.39 is 11.6 Å². The number of aryl methyl sites for hydroxylation is 1. The zero-order valence-electron chi connectivity index (χ0n) is 11.5. The van der Waals surface area contributed by atoms with E-state index in [1.807, 2.05) is 19.9 Å². The van der Waals surface area contributed by atoms with Crippen molar-refractivity contribution in [1.82, 2.24) is 0 Å². The molecule has 106 valence electrons. The lowest BCUT2D eigenvalue weighted by molar-refractivity contribution is 0.416. The van der Waals surface area contributed by atoms with Crippen LogP contribution in [-0.4, -0.2) is 6.04 Å². The summed E-state index contributed by atoms with van der Waals surface area (Å²) in [5, 5.41) is 0. The molecule has 2 aromatic carbocycles. The molecule has 2 rings (SSSR count). The van der Waals surface area contributed by atoms with E-state index in [4.69, 9.17) is 10.5 Å². The molecule has 2 nitrogen and oxygen atoms in total. The van der Waals surface area contributed by atoms with Gasteiger partial charge in [-0.3, -0.25) is 0 Å². The van der Waals surface area contributed by atoms with Crippen molar-refractivity contribution in [3.63, 3.8) is 0 Å². The summed E-state index contributed by atoms with van der Waals surface area (Å²) in [6, 6.07) is 9.34. The van der Waals surface area contributed by atoms with Crippen LogP contribution in [0, 0.1) is 18.6 Å². The van der Waals surface area contributed by atoms with Crippen molar-refractivity contribution in [2.24, 2.45) is 5.73 Å². The highest BCUT2D eigenvalue weighted by atomic mass is 19.2. The lowest BCUT2D eigenvalue weighted by Gasteiger charge is -2.12. The number of ether oxygens (including phenoxy) is 1. The third-order valence-corrected chi connectivity index (χ3v) is 3.00. The zero-order valence-corrected chi connectivity index (χ0v) is 11.5. The Kier molecular flexibility index (Phi) is 4.35. The molecular weight excluding hydrogens is 260 g/mol. The zero-order chi connectivity index (χ0) is 14.7. The van der Waals surface area contributed by atoms with Crippen LogP contribution in [0.4, 0.5) is 8.78 Å². The number of benzene rings is 2. The first-order valence-corrected chi connectivity index (χ1v) is 6.44. The SMILES string of the molecule is Cc1cc(Oc2cccc(F)c2F)ccc1CC(C)N. The predicted molar refractivity (Wildman–Crippen MR) is 75.0 cm³/mol. The average molecular weight is 277 g/mol. The standard InChI is InChI=1S/C16H17F2NO/c1-10-8-13(7-6-12(10)9-11(2)19)20-15-5-3-4-14(17)16(15)18/h3-8,11H,9,19H2,1-2H3. The van der Waals surface area contributed by atoms with E-state index in [1.165, 1.54) is 12.1 Å². The van der Waals surface area contributed by atoms with Crippen LogP contribution in [0.25, 0.3) is 0 Å². The summed E-state index contributed by atoms with van der Waals surface area (Å²) in [6.45, 7) is 3.87. The molecule has 0 amide bonds. The number of hydrogen-bond donors (Lipinski definition) is 1. The molecule has 4 heteroatoms.